The van der Waals surface area contributed by atoms with E-state index in [1.165, 1.54) is 0 Å². The molecule has 0 saturated carbocycles. The van der Waals surface area contributed by atoms with E-state index in [4.69, 9.17) is 0 Å². The third-order valence-corrected chi connectivity index (χ3v) is 4.09. The summed E-state index contributed by atoms with van der Waals surface area (Å²) in [6, 6.07) is 13.3. The lowest BCUT2D eigenvalue weighted by atomic mass is 10.0. The van der Waals surface area contributed by atoms with Gasteiger partial charge in [0.25, 0.3) is 5.91 Å². The Bertz CT molecular complexity index is 856. The number of benzene rings is 1. The number of imidazole rings is 1. The van der Waals surface area contributed by atoms with Gasteiger partial charge in [-0.15, -0.1) is 0 Å². The molecule has 25 heavy (non-hydrogen) atoms. The first-order valence-electron chi connectivity index (χ1n) is 8.52. The number of nitrogens with one attached hydrogen (secondary N) is 1. The highest BCUT2D eigenvalue weighted by Crippen LogP contribution is 2.19. The van der Waals surface area contributed by atoms with E-state index in [-0.39, 0.29) is 18.6 Å². The average Bonchev–Trinajstić information content (AvgIpc) is 3.04. The first-order valence-corrected chi connectivity index (χ1v) is 8.52. The largest absolute Gasteiger partial charge is 0.394 e. The van der Waals surface area contributed by atoms with E-state index in [1.807, 2.05) is 47.0 Å². The topological polar surface area (TPSA) is 66.6 Å². The van der Waals surface area contributed by atoms with Crippen LogP contribution in [0.4, 0.5) is 0 Å². The van der Waals surface area contributed by atoms with E-state index in [1.54, 1.807) is 12.3 Å². The van der Waals surface area contributed by atoms with E-state index in [0.717, 1.165) is 23.3 Å². The molecule has 5 heteroatoms. The first kappa shape index (κ1) is 17.2. The minimum atomic E-state index is -0.231. The van der Waals surface area contributed by atoms with Crippen LogP contribution in [0, 0.1) is 5.92 Å². The van der Waals surface area contributed by atoms with Gasteiger partial charge in [0.05, 0.1) is 23.9 Å². The number of nitrogens with zero attached hydrogens (tertiary/aromatic N) is 2. The summed E-state index contributed by atoms with van der Waals surface area (Å²) in [5.41, 5.74) is 3.24. The molecule has 3 rings (SSSR count). The predicted octanol–water partition coefficient (Wildman–Crippen LogP) is 3.14. The third-order valence-electron chi connectivity index (χ3n) is 4.09. The van der Waals surface area contributed by atoms with Crippen molar-refractivity contribution in [2.24, 2.45) is 5.92 Å². The van der Waals surface area contributed by atoms with Gasteiger partial charge in [0.15, 0.2) is 0 Å². The fourth-order valence-corrected chi connectivity index (χ4v) is 2.89. The number of hydrogen-bond donors (Lipinski definition) is 2. The van der Waals surface area contributed by atoms with E-state index >= 15 is 0 Å². The van der Waals surface area contributed by atoms with Gasteiger partial charge in [0, 0.05) is 18.0 Å². The summed E-state index contributed by atoms with van der Waals surface area (Å²) in [6.07, 6.45) is 4.43. The lowest BCUT2D eigenvalue weighted by Gasteiger charge is -2.18. The van der Waals surface area contributed by atoms with Crippen LogP contribution in [0.3, 0.4) is 0 Å². The molecule has 1 aromatic carbocycles. The van der Waals surface area contributed by atoms with Crippen LogP contribution < -0.4 is 5.32 Å². The predicted molar refractivity (Wildman–Crippen MR) is 98.4 cm³/mol. The molecule has 0 spiro atoms. The summed E-state index contributed by atoms with van der Waals surface area (Å²) in [5, 5.41) is 12.3. The van der Waals surface area contributed by atoms with Crippen LogP contribution in [0.5, 0.6) is 0 Å². The Morgan fingerprint density at radius 3 is 2.60 bits per heavy atom. The second kappa shape index (κ2) is 7.49. The van der Waals surface area contributed by atoms with Crippen molar-refractivity contribution < 1.29 is 9.90 Å². The van der Waals surface area contributed by atoms with Crippen LogP contribution in [-0.4, -0.2) is 33.0 Å². The summed E-state index contributed by atoms with van der Waals surface area (Å²) in [5.74, 6) is 0.221. The maximum atomic E-state index is 12.5. The Labute approximate surface area is 147 Å². The summed E-state index contributed by atoms with van der Waals surface area (Å²) in [4.78, 5) is 17.1. The Hall–Kier alpha value is -2.66. The van der Waals surface area contributed by atoms with Gasteiger partial charge in [-0.2, -0.15) is 0 Å². The van der Waals surface area contributed by atoms with Crippen molar-refractivity contribution in [3.8, 4) is 11.3 Å². The highest BCUT2D eigenvalue weighted by Gasteiger charge is 2.15. The van der Waals surface area contributed by atoms with E-state index in [9.17, 15) is 9.90 Å². The maximum Gasteiger partial charge on any atom is 0.253 e. The number of fused-ring (bicyclic) bond motifs is 1. The number of aliphatic hydroxyl groups excluding tert-OH is 1. The minimum Gasteiger partial charge on any atom is -0.394 e. The normalized spacial score (nSPS) is 12.5. The Kier molecular flexibility index (Phi) is 5.14. The van der Waals surface area contributed by atoms with Crippen molar-refractivity contribution in [1.29, 1.82) is 0 Å². The van der Waals surface area contributed by atoms with Crippen molar-refractivity contribution in [3.05, 3.63) is 60.4 Å². The van der Waals surface area contributed by atoms with Gasteiger partial charge in [-0.25, -0.2) is 4.98 Å². The van der Waals surface area contributed by atoms with Gasteiger partial charge >= 0.3 is 0 Å². The van der Waals surface area contributed by atoms with Gasteiger partial charge in [-0.1, -0.05) is 44.2 Å². The average molecular weight is 337 g/mol. The molecule has 0 radical (unpaired) electrons. The van der Waals surface area contributed by atoms with Gasteiger partial charge in [0.1, 0.15) is 5.65 Å². The number of carbonyl (C=O) groups is 1. The number of aromatic nitrogens is 2. The molecule has 5 nitrogen and oxygen atoms in total. The van der Waals surface area contributed by atoms with Crippen molar-refractivity contribution in [1.82, 2.24) is 14.7 Å². The zero-order chi connectivity index (χ0) is 17.8. The number of hydrogen-bond acceptors (Lipinski definition) is 3. The second-order valence-corrected chi connectivity index (χ2v) is 6.66. The number of carbonyl (C=O) groups excluding carboxylic acids is 1. The Morgan fingerprint density at radius 2 is 1.92 bits per heavy atom. The number of pyridine rings is 1. The Morgan fingerprint density at radius 1 is 1.16 bits per heavy atom. The van der Waals surface area contributed by atoms with Gasteiger partial charge < -0.3 is 14.8 Å². The molecule has 1 atom stereocenters. The third kappa shape index (κ3) is 4.06. The smallest absolute Gasteiger partial charge is 0.253 e. The molecule has 2 N–H and O–H groups in total. The molecule has 0 aliphatic carbocycles. The van der Waals surface area contributed by atoms with Gasteiger partial charge in [-0.05, 0) is 24.5 Å². The van der Waals surface area contributed by atoms with Gasteiger partial charge in [-0.3, -0.25) is 4.79 Å². The lowest BCUT2D eigenvalue weighted by Crippen LogP contribution is -2.38. The highest BCUT2D eigenvalue weighted by molar-refractivity contribution is 5.94. The van der Waals surface area contributed by atoms with Crippen molar-refractivity contribution in [3.63, 3.8) is 0 Å². The maximum absolute atomic E-state index is 12.5. The standard InChI is InChI=1S/C20H23N3O2/c1-14(2)10-17(13-24)21-20(25)16-8-9-19-22-18(12-23(19)11-16)15-6-4-3-5-7-15/h3-9,11-12,14,17,24H,10,13H2,1-2H3,(H,21,25)/t17-/m0/s1. The number of rotatable bonds is 6. The molecule has 0 aliphatic rings. The van der Waals surface area contributed by atoms with Crippen LogP contribution in [0.25, 0.3) is 16.9 Å². The monoisotopic (exact) mass is 337 g/mol. The van der Waals surface area contributed by atoms with E-state index < -0.39 is 0 Å². The minimum absolute atomic E-state index is 0.0601. The quantitative estimate of drug-likeness (QED) is 0.726. The van der Waals surface area contributed by atoms with E-state index in [2.05, 4.69) is 24.1 Å². The molecule has 0 unspecified atom stereocenters. The molecule has 3 aromatic rings. The molecule has 1 amide bonds. The molecule has 0 bridgehead atoms. The molecule has 2 heterocycles. The summed E-state index contributed by atoms with van der Waals surface area (Å²) < 4.78 is 1.85. The SMILES string of the molecule is CC(C)C[C@@H](CO)NC(=O)c1ccc2nc(-c3ccccc3)cn2c1. The first-order chi connectivity index (χ1) is 12.1. The molecule has 0 aliphatic heterocycles. The van der Waals surface area contributed by atoms with Crippen LogP contribution >= 0.6 is 0 Å². The highest BCUT2D eigenvalue weighted by atomic mass is 16.3. The van der Waals surface area contributed by atoms with E-state index in [0.29, 0.717) is 11.5 Å². The van der Waals surface area contributed by atoms with Crippen LogP contribution in [0.15, 0.2) is 54.9 Å². The lowest BCUT2D eigenvalue weighted by molar-refractivity contribution is 0.0908. The van der Waals surface area contributed by atoms with Crippen LogP contribution in [0.1, 0.15) is 30.6 Å². The summed E-state index contributed by atoms with van der Waals surface area (Å²) in [7, 11) is 0. The Balaban J connectivity index is 1.82. The summed E-state index contributed by atoms with van der Waals surface area (Å²) >= 11 is 0. The fraction of sp³-hybridized carbons (Fsp3) is 0.300. The zero-order valence-corrected chi connectivity index (χ0v) is 14.5. The van der Waals surface area contributed by atoms with Gasteiger partial charge in [0.2, 0.25) is 0 Å². The number of aliphatic hydroxyl groups is 1. The molecule has 0 saturated heterocycles. The fourth-order valence-electron chi connectivity index (χ4n) is 2.89. The van der Waals surface area contributed by atoms with Crippen molar-refractivity contribution in [2.75, 3.05) is 6.61 Å². The van der Waals surface area contributed by atoms with Crippen LogP contribution in [0.2, 0.25) is 0 Å². The number of amides is 1. The van der Waals surface area contributed by atoms with Crippen molar-refractivity contribution >= 4 is 11.6 Å². The second-order valence-electron chi connectivity index (χ2n) is 6.66. The van der Waals surface area contributed by atoms with Crippen LogP contribution in [-0.2, 0) is 0 Å². The molecule has 130 valence electrons. The molecule has 0 fully saturated rings. The zero-order valence-electron chi connectivity index (χ0n) is 14.5. The summed E-state index contributed by atoms with van der Waals surface area (Å²) in [6.45, 7) is 4.07. The molecular formula is C20H23N3O2. The molecular weight excluding hydrogens is 314 g/mol. The van der Waals surface area contributed by atoms with Crippen molar-refractivity contribution in [2.45, 2.75) is 26.3 Å². The molecule has 2 aromatic heterocycles.